The van der Waals surface area contributed by atoms with E-state index in [1.165, 1.54) is 0 Å². The molecule has 0 aliphatic heterocycles. The van der Waals surface area contributed by atoms with Crippen LogP contribution in [0.25, 0.3) is 16.9 Å². The van der Waals surface area contributed by atoms with Gasteiger partial charge in [-0.15, -0.1) is 0 Å². The lowest BCUT2D eigenvalue weighted by molar-refractivity contribution is -0.138. The number of rotatable bonds is 3. The fourth-order valence-corrected chi connectivity index (χ4v) is 2.31. The van der Waals surface area contributed by atoms with Crippen LogP contribution >= 0.6 is 0 Å². The Labute approximate surface area is 116 Å². The topological polar surface area (TPSA) is 54.6 Å². The molecule has 0 saturated heterocycles. The molecule has 2 aromatic heterocycles. The highest BCUT2D eigenvalue weighted by atomic mass is 16.4. The molecule has 0 bridgehead atoms. The third-order valence-electron chi connectivity index (χ3n) is 3.44. The summed E-state index contributed by atoms with van der Waals surface area (Å²) in [6.07, 6.45) is 3.85. The van der Waals surface area contributed by atoms with Gasteiger partial charge in [0, 0.05) is 18.0 Å². The summed E-state index contributed by atoms with van der Waals surface area (Å²) in [5.41, 5.74) is 3.29. The van der Waals surface area contributed by atoms with Crippen LogP contribution < -0.4 is 0 Å². The van der Waals surface area contributed by atoms with Gasteiger partial charge in [-0.25, -0.2) is 4.98 Å². The van der Waals surface area contributed by atoms with Crippen molar-refractivity contribution in [2.45, 2.75) is 12.8 Å². The van der Waals surface area contributed by atoms with Crippen LogP contribution in [0.15, 0.2) is 54.9 Å². The standard InChI is InChI=1S/C16H14N2O2/c1-11(16(19)20)12-6-2-3-7-13(12)14-10-18-9-5-4-8-15(18)17-14/h2-11H,1H3,(H,19,20). The molecule has 20 heavy (non-hydrogen) atoms. The second kappa shape index (κ2) is 4.81. The zero-order chi connectivity index (χ0) is 14.1. The van der Waals surface area contributed by atoms with E-state index in [0.29, 0.717) is 0 Å². The van der Waals surface area contributed by atoms with Gasteiger partial charge < -0.3 is 9.51 Å². The highest BCUT2D eigenvalue weighted by Crippen LogP contribution is 2.29. The first-order valence-corrected chi connectivity index (χ1v) is 6.42. The van der Waals surface area contributed by atoms with Crippen LogP contribution in [0.1, 0.15) is 18.4 Å². The molecule has 1 unspecified atom stereocenters. The summed E-state index contributed by atoms with van der Waals surface area (Å²) in [4.78, 5) is 15.8. The number of imidazole rings is 1. The molecule has 100 valence electrons. The minimum Gasteiger partial charge on any atom is -0.481 e. The maximum atomic E-state index is 11.2. The van der Waals surface area contributed by atoms with E-state index in [4.69, 9.17) is 0 Å². The minimum absolute atomic E-state index is 0.559. The van der Waals surface area contributed by atoms with Crippen LogP contribution in [0.3, 0.4) is 0 Å². The number of aliphatic carboxylic acids is 1. The van der Waals surface area contributed by atoms with Crippen LogP contribution in [0.5, 0.6) is 0 Å². The zero-order valence-corrected chi connectivity index (χ0v) is 11.0. The Morgan fingerprint density at radius 3 is 2.70 bits per heavy atom. The molecule has 0 saturated carbocycles. The van der Waals surface area contributed by atoms with E-state index in [1.54, 1.807) is 6.92 Å². The Bertz CT molecular complexity index is 744. The number of benzene rings is 1. The van der Waals surface area contributed by atoms with E-state index < -0.39 is 11.9 Å². The summed E-state index contributed by atoms with van der Waals surface area (Å²) in [6.45, 7) is 1.69. The Kier molecular flexibility index (Phi) is 2.99. The first-order valence-electron chi connectivity index (χ1n) is 6.42. The number of nitrogens with zero attached hydrogens (tertiary/aromatic N) is 2. The maximum absolute atomic E-state index is 11.2. The lowest BCUT2D eigenvalue weighted by atomic mass is 9.94. The molecule has 0 spiro atoms. The smallest absolute Gasteiger partial charge is 0.310 e. The first-order chi connectivity index (χ1) is 9.66. The average Bonchev–Trinajstić information content (AvgIpc) is 2.90. The van der Waals surface area contributed by atoms with Crippen molar-refractivity contribution < 1.29 is 9.90 Å². The second-order valence-corrected chi connectivity index (χ2v) is 4.74. The molecular formula is C16H14N2O2. The maximum Gasteiger partial charge on any atom is 0.310 e. The fourth-order valence-electron chi connectivity index (χ4n) is 2.31. The van der Waals surface area contributed by atoms with E-state index >= 15 is 0 Å². The second-order valence-electron chi connectivity index (χ2n) is 4.74. The van der Waals surface area contributed by atoms with Gasteiger partial charge >= 0.3 is 5.97 Å². The van der Waals surface area contributed by atoms with Gasteiger partial charge in [0.25, 0.3) is 0 Å². The molecular weight excluding hydrogens is 252 g/mol. The number of pyridine rings is 1. The van der Waals surface area contributed by atoms with Crippen LogP contribution in [-0.4, -0.2) is 20.5 Å². The van der Waals surface area contributed by atoms with Crippen LogP contribution in [0, 0.1) is 0 Å². The van der Waals surface area contributed by atoms with Crippen molar-refractivity contribution in [2.75, 3.05) is 0 Å². The molecule has 2 heterocycles. The fraction of sp³-hybridized carbons (Fsp3) is 0.125. The predicted octanol–water partition coefficient (Wildman–Crippen LogP) is 3.19. The molecule has 0 amide bonds. The van der Waals surface area contributed by atoms with Gasteiger partial charge in [0.2, 0.25) is 0 Å². The molecule has 0 fully saturated rings. The van der Waals surface area contributed by atoms with Crippen LogP contribution in [-0.2, 0) is 4.79 Å². The number of carboxylic acids is 1. The quantitative estimate of drug-likeness (QED) is 0.792. The van der Waals surface area contributed by atoms with Gasteiger partial charge in [-0.2, -0.15) is 0 Å². The molecule has 0 aliphatic carbocycles. The zero-order valence-electron chi connectivity index (χ0n) is 11.0. The van der Waals surface area contributed by atoms with Gasteiger partial charge in [-0.1, -0.05) is 30.3 Å². The van der Waals surface area contributed by atoms with E-state index in [0.717, 1.165) is 22.5 Å². The van der Waals surface area contributed by atoms with Gasteiger partial charge in [0.1, 0.15) is 5.65 Å². The van der Waals surface area contributed by atoms with Crippen LogP contribution in [0.2, 0.25) is 0 Å². The number of carboxylic acid groups (broad SMARTS) is 1. The summed E-state index contributed by atoms with van der Waals surface area (Å²) in [5.74, 6) is -1.39. The van der Waals surface area contributed by atoms with Crippen molar-refractivity contribution in [3.05, 3.63) is 60.4 Å². The molecule has 1 atom stereocenters. The van der Waals surface area contributed by atoms with Crippen LogP contribution in [0.4, 0.5) is 0 Å². The SMILES string of the molecule is CC(C(=O)O)c1ccccc1-c1cn2ccccc2n1. The lowest BCUT2D eigenvalue weighted by Gasteiger charge is -2.11. The summed E-state index contributed by atoms with van der Waals surface area (Å²) in [7, 11) is 0. The van der Waals surface area contributed by atoms with Crippen molar-refractivity contribution in [2.24, 2.45) is 0 Å². The number of hydrogen-bond donors (Lipinski definition) is 1. The van der Waals surface area contributed by atoms with Gasteiger partial charge in [0.05, 0.1) is 11.6 Å². The average molecular weight is 266 g/mol. The minimum atomic E-state index is -0.832. The van der Waals surface area contributed by atoms with Crippen molar-refractivity contribution in [1.29, 1.82) is 0 Å². The van der Waals surface area contributed by atoms with Gasteiger partial charge in [-0.3, -0.25) is 4.79 Å². The third-order valence-corrected chi connectivity index (χ3v) is 3.44. The van der Waals surface area contributed by atoms with Gasteiger partial charge in [-0.05, 0) is 24.6 Å². The van der Waals surface area contributed by atoms with E-state index in [2.05, 4.69) is 4.98 Å². The summed E-state index contributed by atoms with van der Waals surface area (Å²) in [5, 5.41) is 9.22. The molecule has 1 N–H and O–H groups in total. The predicted molar refractivity (Wildman–Crippen MR) is 76.7 cm³/mol. The largest absolute Gasteiger partial charge is 0.481 e. The normalized spacial score (nSPS) is 12.4. The lowest BCUT2D eigenvalue weighted by Crippen LogP contribution is -2.08. The van der Waals surface area contributed by atoms with Gasteiger partial charge in [0.15, 0.2) is 0 Å². The summed E-state index contributed by atoms with van der Waals surface area (Å²) in [6, 6.07) is 13.3. The van der Waals surface area contributed by atoms with E-state index in [9.17, 15) is 9.90 Å². The molecule has 0 aliphatic rings. The molecule has 4 heteroatoms. The first kappa shape index (κ1) is 12.4. The number of hydrogen-bond acceptors (Lipinski definition) is 2. The molecule has 0 radical (unpaired) electrons. The van der Waals surface area contributed by atoms with E-state index in [1.807, 2.05) is 59.3 Å². The highest BCUT2D eigenvalue weighted by molar-refractivity contribution is 5.80. The number of carbonyl (C=O) groups is 1. The highest BCUT2D eigenvalue weighted by Gasteiger charge is 2.18. The van der Waals surface area contributed by atoms with E-state index in [-0.39, 0.29) is 0 Å². The Balaban J connectivity index is 2.16. The van der Waals surface area contributed by atoms with Crippen molar-refractivity contribution in [3.63, 3.8) is 0 Å². The molecule has 3 aromatic rings. The summed E-state index contributed by atoms with van der Waals surface area (Å²) >= 11 is 0. The van der Waals surface area contributed by atoms with Crippen molar-refractivity contribution in [1.82, 2.24) is 9.38 Å². The number of fused-ring (bicyclic) bond motifs is 1. The Morgan fingerprint density at radius 2 is 1.95 bits per heavy atom. The molecule has 3 rings (SSSR count). The summed E-state index contributed by atoms with van der Waals surface area (Å²) < 4.78 is 1.93. The van der Waals surface area contributed by atoms with Crippen molar-refractivity contribution >= 4 is 11.6 Å². The number of aromatic nitrogens is 2. The monoisotopic (exact) mass is 266 g/mol. The van der Waals surface area contributed by atoms with Crippen molar-refractivity contribution in [3.8, 4) is 11.3 Å². The Morgan fingerprint density at radius 1 is 1.20 bits per heavy atom. The molecule has 1 aromatic carbocycles. The third kappa shape index (κ3) is 2.05. The Hall–Kier alpha value is -2.62. The molecule has 4 nitrogen and oxygen atoms in total.